The number of nitrogens with zero attached hydrogens (tertiary/aromatic N) is 1. The SMILES string of the molecule is CN(CC1CCCCC1)CC1(CN)CCCOC1. The van der Waals surface area contributed by atoms with Crippen molar-refractivity contribution in [2.75, 3.05) is 39.9 Å². The first-order valence-corrected chi connectivity index (χ1v) is 7.70. The molecule has 1 unspecified atom stereocenters. The van der Waals surface area contributed by atoms with Crippen molar-refractivity contribution in [1.82, 2.24) is 4.90 Å². The predicted octanol–water partition coefficient (Wildman–Crippen LogP) is 2.25. The number of hydrogen-bond donors (Lipinski definition) is 1. The van der Waals surface area contributed by atoms with Gasteiger partial charge in [0.25, 0.3) is 0 Å². The molecule has 18 heavy (non-hydrogen) atoms. The van der Waals surface area contributed by atoms with Crippen LogP contribution < -0.4 is 5.73 Å². The summed E-state index contributed by atoms with van der Waals surface area (Å²) in [4.78, 5) is 2.51. The average molecular weight is 254 g/mol. The lowest BCUT2D eigenvalue weighted by molar-refractivity contribution is -0.0205. The molecule has 0 amide bonds. The van der Waals surface area contributed by atoms with Crippen LogP contribution in [0, 0.1) is 11.3 Å². The maximum Gasteiger partial charge on any atom is 0.0546 e. The zero-order chi connectivity index (χ0) is 12.8. The fraction of sp³-hybridized carbons (Fsp3) is 1.00. The molecule has 2 fully saturated rings. The van der Waals surface area contributed by atoms with Crippen molar-refractivity contribution in [1.29, 1.82) is 0 Å². The minimum atomic E-state index is 0.224. The Hall–Kier alpha value is -0.120. The summed E-state index contributed by atoms with van der Waals surface area (Å²) in [6.45, 7) is 4.91. The number of hydrogen-bond acceptors (Lipinski definition) is 3. The zero-order valence-electron chi connectivity index (χ0n) is 12.0. The highest BCUT2D eigenvalue weighted by molar-refractivity contribution is 4.86. The Kier molecular flexibility index (Phi) is 5.46. The lowest BCUT2D eigenvalue weighted by Gasteiger charge is -2.40. The van der Waals surface area contributed by atoms with E-state index in [0.29, 0.717) is 0 Å². The molecule has 0 radical (unpaired) electrons. The lowest BCUT2D eigenvalue weighted by atomic mass is 9.81. The molecular formula is C15H30N2O. The van der Waals surface area contributed by atoms with E-state index >= 15 is 0 Å². The Balaban J connectivity index is 1.78. The van der Waals surface area contributed by atoms with Crippen molar-refractivity contribution in [2.24, 2.45) is 17.1 Å². The normalized spacial score (nSPS) is 30.8. The van der Waals surface area contributed by atoms with Gasteiger partial charge in [-0.2, -0.15) is 0 Å². The van der Waals surface area contributed by atoms with Crippen LogP contribution in [0.2, 0.25) is 0 Å². The second-order valence-electron chi connectivity index (χ2n) is 6.56. The van der Waals surface area contributed by atoms with Crippen LogP contribution in [-0.2, 0) is 4.74 Å². The van der Waals surface area contributed by atoms with Gasteiger partial charge in [-0.25, -0.2) is 0 Å². The highest BCUT2D eigenvalue weighted by Crippen LogP contribution is 2.30. The van der Waals surface area contributed by atoms with Gasteiger partial charge >= 0.3 is 0 Å². The fourth-order valence-corrected chi connectivity index (χ4v) is 3.71. The molecule has 1 atom stereocenters. The molecule has 1 heterocycles. The third-order valence-electron chi connectivity index (χ3n) is 4.74. The minimum absolute atomic E-state index is 0.224. The van der Waals surface area contributed by atoms with Crippen LogP contribution in [0.4, 0.5) is 0 Å². The average Bonchev–Trinajstić information content (AvgIpc) is 2.41. The molecule has 2 N–H and O–H groups in total. The lowest BCUT2D eigenvalue weighted by Crippen LogP contribution is -2.47. The summed E-state index contributed by atoms with van der Waals surface area (Å²) in [6, 6.07) is 0. The van der Waals surface area contributed by atoms with Crippen LogP contribution in [0.5, 0.6) is 0 Å². The van der Waals surface area contributed by atoms with Gasteiger partial charge < -0.3 is 15.4 Å². The molecule has 0 spiro atoms. The molecule has 3 heteroatoms. The number of ether oxygens (including phenoxy) is 1. The third-order valence-corrected chi connectivity index (χ3v) is 4.74. The maximum absolute atomic E-state index is 6.01. The van der Waals surface area contributed by atoms with Gasteiger partial charge in [0.2, 0.25) is 0 Å². The molecule has 0 bridgehead atoms. The van der Waals surface area contributed by atoms with Crippen molar-refractivity contribution in [3.63, 3.8) is 0 Å². The monoisotopic (exact) mass is 254 g/mol. The van der Waals surface area contributed by atoms with Gasteiger partial charge in [0, 0.05) is 31.7 Å². The van der Waals surface area contributed by atoms with Crippen molar-refractivity contribution >= 4 is 0 Å². The smallest absolute Gasteiger partial charge is 0.0546 e. The van der Waals surface area contributed by atoms with Gasteiger partial charge in [0.05, 0.1) is 6.61 Å². The van der Waals surface area contributed by atoms with E-state index in [4.69, 9.17) is 10.5 Å². The first-order chi connectivity index (χ1) is 8.74. The van der Waals surface area contributed by atoms with E-state index in [1.165, 1.54) is 51.5 Å². The molecular weight excluding hydrogens is 224 g/mol. The zero-order valence-corrected chi connectivity index (χ0v) is 12.0. The summed E-state index contributed by atoms with van der Waals surface area (Å²) in [5.74, 6) is 0.920. The summed E-state index contributed by atoms with van der Waals surface area (Å²) in [6.07, 6.45) is 9.58. The van der Waals surface area contributed by atoms with Crippen LogP contribution >= 0.6 is 0 Å². The minimum Gasteiger partial charge on any atom is -0.381 e. The largest absolute Gasteiger partial charge is 0.381 e. The van der Waals surface area contributed by atoms with Crippen LogP contribution in [0.25, 0.3) is 0 Å². The molecule has 2 rings (SSSR count). The molecule has 106 valence electrons. The van der Waals surface area contributed by atoms with Gasteiger partial charge in [0.1, 0.15) is 0 Å². The summed E-state index contributed by atoms with van der Waals surface area (Å²) in [5, 5.41) is 0. The summed E-state index contributed by atoms with van der Waals surface area (Å²) in [5.41, 5.74) is 6.24. The molecule has 1 aliphatic heterocycles. The molecule has 1 aliphatic carbocycles. The molecule has 2 aliphatic rings. The van der Waals surface area contributed by atoms with E-state index in [0.717, 1.165) is 32.2 Å². The molecule has 1 saturated heterocycles. The van der Waals surface area contributed by atoms with Crippen molar-refractivity contribution in [3.05, 3.63) is 0 Å². The second-order valence-corrected chi connectivity index (χ2v) is 6.56. The Morgan fingerprint density at radius 1 is 1.22 bits per heavy atom. The van der Waals surface area contributed by atoms with Gasteiger partial charge in [-0.3, -0.25) is 0 Å². The highest BCUT2D eigenvalue weighted by Gasteiger charge is 2.33. The topological polar surface area (TPSA) is 38.5 Å². The molecule has 1 saturated carbocycles. The Morgan fingerprint density at radius 3 is 2.61 bits per heavy atom. The summed E-state index contributed by atoms with van der Waals surface area (Å²) < 4.78 is 5.66. The van der Waals surface area contributed by atoms with Gasteiger partial charge in [-0.15, -0.1) is 0 Å². The Bertz CT molecular complexity index is 233. The predicted molar refractivity (Wildman–Crippen MR) is 75.6 cm³/mol. The third kappa shape index (κ3) is 3.94. The van der Waals surface area contributed by atoms with Gasteiger partial charge in [-0.1, -0.05) is 19.3 Å². The number of nitrogens with two attached hydrogens (primary N) is 1. The Morgan fingerprint density at radius 2 is 2.00 bits per heavy atom. The van der Waals surface area contributed by atoms with Gasteiger partial charge in [-0.05, 0) is 38.6 Å². The van der Waals surface area contributed by atoms with E-state index in [9.17, 15) is 0 Å². The van der Waals surface area contributed by atoms with E-state index in [2.05, 4.69) is 11.9 Å². The van der Waals surface area contributed by atoms with Crippen molar-refractivity contribution in [3.8, 4) is 0 Å². The van der Waals surface area contributed by atoms with Crippen molar-refractivity contribution < 1.29 is 4.74 Å². The quantitative estimate of drug-likeness (QED) is 0.818. The van der Waals surface area contributed by atoms with Crippen LogP contribution in [0.15, 0.2) is 0 Å². The fourth-order valence-electron chi connectivity index (χ4n) is 3.71. The van der Waals surface area contributed by atoms with E-state index in [-0.39, 0.29) is 5.41 Å². The summed E-state index contributed by atoms with van der Waals surface area (Å²) in [7, 11) is 2.26. The van der Waals surface area contributed by atoms with E-state index < -0.39 is 0 Å². The molecule has 0 aromatic heterocycles. The first-order valence-electron chi connectivity index (χ1n) is 7.70. The highest BCUT2D eigenvalue weighted by atomic mass is 16.5. The molecule has 3 nitrogen and oxygen atoms in total. The first kappa shape index (κ1) is 14.3. The van der Waals surface area contributed by atoms with Gasteiger partial charge in [0.15, 0.2) is 0 Å². The molecule has 0 aromatic rings. The van der Waals surface area contributed by atoms with Crippen LogP contribution in [0.1, 0.15) is 44.9 Å². The van der Waals surface area contributed by atoms with E-state index in [1.807, 2.05) is 0 Å². The second kappa shape index (κ2) is 6.88. The van der Waals surface area contributed by atoms with Crippen molar-refractivity contribution in [2.45, 2.75) is 44.9 Å². The van der Waals surface area contributed by atoms with Crippen LogP contribution in [0.3, 0.4) is 0 Å². The van der Waals surface area contributed by atoms with Crippen LogP contribution in [-0.4, -0.2) is 44.8 Å². The molecule has 0 aromatic carbocycles. The number of rotatable bonds is 5. The Labute approximate surface area is 112 Å². The summed E-state index contributed by atoms with van der Waals surface area (Å²) >= 11 is 0. The standard InChI is InChI=1S/C15H30N2O/c1-17(10-14-6-3-2-4-7-14)12-15(11-16)8-5-9-18-13-15/h14H,2-13,16H2,1H3. The van der Waals surface area contributed by atoms with E-state index in [1.54, 1.807) is 0 Å². The maximum atomic E-state index is 6.01.